The largest absolute Gasteiger partial charge is 0.380 e. The molecule has 6 unspecified atom stereocenters. The molecule has 0 saturated heterocycles. The van der Waals surface area contributed by atoms with Gasteiger partial charge in [0, 0.05) is 60.4 Å². The second-order valence-corrected chi connectivity index (χ2v) is 34.1. The SMILES string of the molecule is CCNC1CC(C)S(=O)(=O)c2sc(S(=O)(=O)NCCOCC(COCCNS(=O)(=O)c3cc4c(s3)S(=O)(=O)C(C)CC4NCC)COCCNS(=O)(=O)c3cc4c(s3)S(=O)(=O)C(C)CC4NCC)cc21. The van der Waals surface area contributed by atoms with Crippen LogP contribution in [0.25, 0.3) is 0 Å². The highest BCUT2D eigenvalue weighted by atomic mass is 32.3. The fraction of sp³-hybridized carbons (Fsp3) is 0.700. The molecule has 21 nitrogen and oxygen atoms in total. The summed E-state index contributed by atoms with van der Waals surface area (Å²) in [5.74, 6) is -0.525. The number of hydrogen-bond acceptors (Lipinski definition) is 21. The van der Waals surface area contributed by atoms with Gasteiger partial charge in [-0.25, -0.2) is 64.7 Å². The first kappa shape index (κ1) is 57.7. The minimum atomic E-state index is -4.13. The van der Waals surface area contributed by atoms with E-state index in [1.807, 2.05) is 20.8 Å². The molecule has 30 heteroatoms. The van der Waals surface area contributed by atoms with Gasteiger partial charge >= 0.3 is 0 Å². The van der Waals surface area contributed by atoms with Crippen molar-refractivity contribution in [2.24, 2.45) is 5.92 Å². The fourth-order valence-corrected chi connectivity index (χ4v) is 23.5. The first-order valence-electron chi connectivity index (χ1n) is 22.9. The summed E-state index contributed by atoms with van der Waals surface area (Å²) in [6, 6.07) is 3.23. The Morgan fingerprint density at radius 2 is 0.757 bits per heavy atom. The maximum atomic E-state index is 13.3. The van der Waals surface area contributed by atoms with Crippen LogP contribution in [-0.2, 0) is 73.8 Å². The third-order valence-corrected chi connectivity index (χ3v) is 29.6. The summed E-state index contributed by atoms with van der Waals surface area (Å²) >= 11 is 2.11. The van der Waals surface area contributed by atoms with Gasteiger partial charge in [0.05, 0.1) is 55.4 Å². The maximum Gasteiger partial charge on any atom is 0.250 e. The number of nitrogens with one attached hydrogen (secondary N) is 6. The Morgan fingerprint density at radius 3 is 1.00 bits per heavy atom. The van der Waals surface area contributed by atoms with Crippen molar-refractivity contribution in [2.75, 3.05) is 78.9 Å². The third kappa shape index (κ3) is 12.9. The maximum absolute atomic E-state index is 13.3. The van der Waals surface area contributed by atoms with Crippen LogP contribution >= 0.6 is 34.0 Å². The van der Waals surface area contributed by atoms with Crippen molar-refractivity contribution in [3.63, 3.8) is 0 Å². The van der Waals surface area contributed by atoms with Crippen LogP contribution in [0.1, 0.15) is 95.6 Å². The van der Waals surface area contributed by atoms with E-state index < -0.39 is 81.2 Å². The van der Waals surface area contributed by atoms with Crippen LogP contribution < -0.4 is 30.1 Å². The monoisotopic (exact) mass is 1160 g/mol. The molecular weight excluding hydrogens is 1090 g/mol. The van der Waals surface area contributed by atoms with Crippen LogP contribution in [0.4, 0.5) is 0 Å². The van der Waals surface area contributed by atoms with Crippen molar-refractivity contribution in [3.05, 3.63) is 34.9 Å². The van der Waals surface area contributed by atoms with Gasteiger partial charge in [0.25, 0.3) is 0 Å². The predicted octanol–water partition coefficient (Wildman–Crippen LogP) is 2.42. The van der Waals surface area contributed by atoms with Crippen LogP contribution in [0, 0.1) is 5.92 Å². The van der Waals surface area contributed by atoms with Gasteiger partial charge in [0.1, 0.15) is 25.3 Å². The normalized spacial score (nSPS) is 24.4. The van der Waals surface area contributed by atoms with Crippen molar-refractivity contribution in [2.45, 2.75) is 120 Å². The molecule has 6 N–H and O–H groups in total. The zero-order valence-electron chi connectivity index (χ0n) is 39.7. The smallest absolute Gasteiger partial charge is 0.250 e. The van der Waals surface area contributed by atoms with E-state index in [0.717, 1.165) is 0 Å². The summed E-state index contributed by atoms with van der Waals surface area (Å²) in [4.78, 5) is 0. The standard InChI is InChI=1S/C40H64N6O15S9/c1-7-41-32-16-25(4)65(47,48)38-29(32)19-35(62-38)68(53,54)44-10-13-59-22-28(23-60-14-11-45-69(55,56)36-20-30-33(42-8-2)17-26(5)66(49,50)39(30)63-36)24-61-15-12-46-70(57,58)37-21-31-34(43-9-3)18-27(6)67(51,52)40(31)64-37/h19-21,25-28,32-34,41-46H,7-18,22-24H2,1-6H3. The minimum Gasteiger partial charge on any atom is -0.380 e. The number of sulfonamides is 3. The Balaban J connectivity index is 1.04. The molecule has 70 heavy (non-hydrogen) atoms. The van der Waals surface area contributed by atoms with Crippen LogP contribution in [-0.4, -0.2) is 145 Å². The lowest BCUT2D eigenvalue weighted by atomic mass is 10.1. The Bertz CT molecular complexity index is 2670. The van der Waals surface area contributed by atoms with Gasteiger partial charge in [-0.05, 0) is 77.9 Å². The highest BCUT2D eigenvalue weighted by Crippen LogP contribution is 2.45. The Kier molecular flexibility index (Phi) is 19.4. The van der Waals surface area contributed by atoms with Crippen LogP contribution in [0.3, 0.4) is 0 Å². The van der Waals surface area contributed by atoms with E-state index in [1.54, 1.807) is 20.8 Å². The highest BCUT2D eigenvalue weighted by molar-refractivity contribution is 7.97. The Labute approximate surface area is 424 Å². The molecule has 0 aromatic carbocycles. The van der Waals surface area contributed by atoms with Gasteiger partial charge in [-0.1, -0.05) is 20.8 Å². The summed E-state index contributed by atoms with van der Waals surface area (Å²) in [7, 11) is -23.5. The first-order chi connectivity index (χ1) is 32.8. The van der Waals surface area contributed by atoms with Crippen molar-refractivity contribution < 1.29 is 64.7 Å². The van der Waals surface area contributed by atoms with Gasteiger partial charge < -0.3 is 30.2 Å². The zero-order valence-corrected chi connectivity index (χ0v) is 47.0. The number of thiophene rings is 3. The summed E-state index contributed by atoms with van der Waals surface area (Å²) in [6.45, 7) is 11.2. The quantitative estimate of drug-likeness (QED) is 0.0597. The molecule has 398 valence electrons. The third-order valence-electron chi connectivity index (χ3n) is 12.1. The second kappa shape index (κ2) is 23.5. The summed E-state index contributed by atoms with van der Waals surface area (Å²) in [5.41, 5.74) is 1.27. The molecule has 3 aliphatic heterocycles. The molecule has 3 aromatic heterocycles. The number of ether oxygens (including phenoxy) is 3. The number of fused-ring (bicyclic) bond motifs is 3. The van der Waals surface area contributed by atoms with E-state index in [0.29, 0.717) is 89.6 Å². The predicted molar refractivity (Wildman–Crippen MR) is 268 cm³/mol. The van der Waals surface area contributed by atoms with Gasteiger partial charge in [0.2, 0.25) is 30.1 Å². The summed E-state index contributed by atoms with van der Waals surface area (Å²) < 4.78 is 183. The number of rotatable bonds is 27. The number of hydrogen-bond donors (Lipinski definition) is 6. The first-order valence-corrected chi connectivity index (χ1v) is 34.4. The van der Waals surface area contributed by atoms with Crippen LogP contribution in [0.5, 0.6) is 0 Å². The van der Waals surface area contributed by atoms with Gasteiger partial charge in [0.15, 0.2) is 29.5 Å². The second-order valence-electron chi connectivity index (χ2n) is 17.3. The van der Waals surface area contributed by atoms with Gasteiger partial charge in [-0.15, -0.1) is 34.0 Å². The molecule has 0 aliphatic carbocycles. The van der Waals surface area contributed by atoms with E-state index >= 15 is 0 Å². The zero-order chi connectivity index (χ0) is 51.5. The molecule has 3 aliphatic rings. The van der Waals surface area contributed by atoms with E-state index in [1.165, 1.54) is 18.2 Å². The molecule has 3 aromatic rings. The lowest BCUT2D eigenvalue weighted by Gasteiger charge is -2.27. The van der Waals surface area contributed by atoms with Crippen molar-refractivity contribution in [1.82, 2.24) is 30.1 Å². The number of sulfone groups is 3. The fourth-order valence-electron chi connectivity index (χ4n) is 8.37. The molecule has 0 saturated carbocycles. The topological polar surface area (TPSA) is 305 Å². The molecule has 0 spiro atoms. The van der Waals surface area contributed by atoms with E-state index in [-0.39, 0.29) is 103 Å². The summed E-state index contributed by atoms with van der Waals surface area (Å²) in [5, 5.41) is 7.64. The average Bonchev–Trinajstić information content (AvgIpc) is 4.07. The molecule has 0 fully saturated rings. The molecule has 6 rings (SSSR count). The summed E-state index contributed by atoms with van der Waals surface area (Å²) in [6.07, 6.45) is 0.930. The molecule has 0 radical (unpaired) electrons. The molecule has 6 heterocycles. The average molecular weight is 1160 g/mol. The van der Waals surface area contributed by atoms with Crippen molar-refractivity contribution in [3.8, 4) is 0 Å². The van der Waals surface area contributed by atoms with E-state index in [2.05, 4.69) is 30.1 Å². The molecule has 0 amide bonds. The van der Waals surface area contributed by atoms with Crippen LogP contribution in [0.15, 0.2) is 43.5 Å². The Hall–Kier alpha value is -1.56. The molecular formula is C40H64N6O15S9. The minimum absolute atomic E-state index is 0.0270. The molecule has 0 bridgehead atoms. The van der Waals surface area contributed by atoms with Crippen molar-refractivity contribution in [1.29, 1.82) is 0 Å². The van der Waals surface area contributed by atoms with Gasteiger partial charge in [-0.3, -0.25) is 0 Å². The Morgan fingerprint density at radius 1 is 0.500 bits per heavy atom. The van der Waals surface area contributed by atoms with Gasteiger partial charge in [-0.2, -0.15) is 0 Å². The van der Waals surface area contributed by atoms with E-state index in [9.17, 15) is 50.5 Å². The van der Waals surface area contributed by atoms with E-state index in [4.69, 9.17) is 14.2 Å². The van der Waals surface area contributed by atoms with Crippen LogP contribution in [0.2, 0.25) is 0 Å². The lowest BCUT2D eigenvalue weighted by Crippen LogP contribution is -2.33. The molecule has 6 atom stereocenters. The lowest BCUT2D eigenvalue weighted by molar-refractivity contribution is -0.00226. The highest BCUT2D eigenvalue weighted by Gasteiger charge is 2.42. The van der Waals surface area contributed by atoms with Crippen molar-refractivity contribution >= 4 is 93.6 Å².